The van der Waals surface area contributed by atoms with Gasteiger partial charge in [0.1, 0.15) is 16.7 Å². The van der Waals surface area contributed by atoms with Crippen molar-refractivity contribution in [2.45, 2.75) is 38.9 Å². The van der Waals surface area contributed by atoms with Gasteiger partial charge in [0.25, 0.3) is 5.91 Å². The summed E-state index contributed by atoms with van der Waals surface area (Å²) in [4.78, 5) is 27.2. The Balaban J connectivity index is 2.00. The van der Waals surface area contributed by atoms with Crippen molar-refractivity contribution in [1.82, 2.24) is 0 Å². The monoisotopic (exact) mass is 405 g/mol. The van der Waals surface area contributed by atoms with Crippen LogP contribution in [-0.4, -0.2) is 17.1 Å². The molecule has 1 aliphatic heterocycles. The van der Waals surface area contributed by atoms with Crippen molar-refractivity contribution in [3.05, 3.63) is 70.3 Å². The number of nitrogens with zero attached hydrogens (tertiary/aromatic N) is 2. The molecule has 0 saturated carbocycles. The van der Waals surface area contributed by atoms with Gasteiger partial charge in [0.05, 0.1) is 5.25 Å². The lowest BCUT2D eigenvalue weighted by molar-refractivity contribution is -0.116. The second-order valence-electron chi connectivity index (χ2n) is 7.24. The summed E-state index contributed by atoms with van der Waals surface area (Å²) in [5.74, 6) is -0.287. The fourth-order valence-corrected chi connectivity index (χ4v) is 4.17. The van der Waals surface area contributed by atoms with Crippen LogP contribution in [0.5, 0.6) is 0 Å². The summed E-state index contributed by atoms with van der Waals surface area (Å²) in [6, 6.07) is 17.0. The third-order valence-corrected chi connectivity index (χ3v) is 5.99. The average Bonchev–Trinajstić information content (AvgIpc) is 2.98. The third-order valence-electron chi connectivity index (χ3n) is 4.82. The number of nitriles is 1. The Morgan fingerprint density at radius 3 is 2.41 bits per heavy atom. The van der Waals surface area contributed by atoms with Crippen molar-refractivity contribution < 1.29 is 9.59 Å². The van der Waals surface area contributed by atoms with E-state index in [4.69, 9.17) is 0 Å². The van der Waals surface area contributed by atoms with Gasteiger partial charge in [0.2, 0.25) is 5.91 Å². The van der Waals surface area contributed by atoms with Crippen LogP contribution < -0.4 is 10.2 Å². The highest BCUT2D eigenvalue weighted by Crippen LogP contribution is 2.40. The highest BCUT2D eigenvalue weighted by atomic mass is 32.2. The quantitative estimate of drug-likeness (QED) is 0.576. The van der Waals surface area contributed by atoms with Crippen molar-refractivity contribution in [2.24, 2.45) is 0 Å². The predicted octanol–water partition coefficient (Wildman–Crippen LogP) is 4.96. The maximum atomic E-state index is 12.9. The number of benzene rings is 2. The van der Waals surface area contributed by atoms with E-state index >= 15 is 0 Å². The van der Waals surface area contributed by atoms with Gasteiger partial charge in [-0.1, -0.05) is 55.9 Å². The van der Waals surface area contributed by atoms with Crippen molar-refractivity contribution in [2.75, 3.05) is 10.2 Å². The lowest BCUT2D eigenvalue weighted by Gasteiger charge is -2.19. The molecule has 1 heterocycles. The molecule has 1 unspecified atom stereocenters. The van der Waals surface area contributed by atoms with E-state index in [1.165, 1.54) is 16.7 Å². The number of anilines is 2. The summed E-state index contributed by atoms with van der Waals surface area (Å²) in [5.41, 5.74) is 3.28. The van der Waals surface area contributed by atoms with E-state index in [1.807, 2.05) is 55.5 Å². The summed E-state index contributed by atoms with van der Waals surface area (Å²) in [7, 11) is 0. The maximum Gasteiger partial charge on any atom is 0.269 e. The minimum atomic E-state index is -0.519. The molecule has 148 valence electrons. The number of aryl methyl sites for hydroxylation is 1. The van der Waals surface area contributed by atoms with Crippen LogP contribution >= 0.6 is 11.8 Å². The van der Waals surface area contributed by atoms with Crippen LogP contribution in [0.2, 0.25) is 0 Å². The predicted molar refractivity (Wildman–Crippen MR) is 118 cm³/mol. The van der Waals surface area contributed by atoms with Crippen LogP contribution in [0.25, 0.3) is 0 Å². The molecule has 2 aromatic rings. The van der Waals surface area contributed by atoms with Gasteiger partial charge in [-0.15, -0.1) is 0 Å². The molecule has 3 rings (SSSR count). The fraction of sp³-hybridized carbons (Fsp3) is 0.261. The number of nitrogens with one attached hydrogen (secondary N) is 1. The van der Waals surface area contributed by atoms with Gasteiger partial charge in [-0.2, -0.15) is 5.26 Å². The number of amides is 2. The molecule has 2 amide bonds. The minimum absolute atomic E-state index is 0.0658. The molecule has 0 aliphatic carbocycles. The van der Waals surface area contributed by atoms with Crippen LogP contribution in [0.4, 0.5) is 11.4 Å². The van der Waals surface area contributed by atoms with Gasteiger partial charge in [-0.25, -0.2) is 0 Å². The molecule has 0 aromatic heterocycles. The zero-order valence-electron chi connectivity index (χ0n) is 16.9. The Hall–Kier alpha value is -3.04. The normalized spacial score (nSPS) is 18.0. The Bertz CT molecular complexity index is 1020. The van der Waals surface area contributed by atoms with Crippen molar-refractivity contribution >= 4 is 35.0 Å². The van der Waals surface area contributed by atoms with Gasteiger partial charge in [0, 0.05) is 11.4 Å². The van der Waals surface area contributed by atoms with E-state index in [9.17, 15) is 14.9 Å². The van der Waals surface area contributed by atoms with Crippen molar-refractivity contribution in [3.8, 4) is 6.07 Å². The first-order valence-electron chi connectivity index (χ1n) is 9.45. The highest BCUT2D eigenvalue weighted by Gasteiger charge is 2.38. The summed E-state index contributed by atoms with van der Waals surface area (Å²) in [6.07, 6.45) is 0. The number of para-hydroxylation sites is 1. The molecule has 1 aliphatic rings. The summed E-state index contributed by atoms with van der Waals surface area (Å²) in [6.45, 7) is 7.86. The van der Waals surface area contributed by atoms with E-state index < -0.39 is 5.91 Å². The van der Waals surface area contributed by atoms with Crippen molar-refractivity contribution in [1.29, 1.82) is 5.26 Å². The molecular formula is C23H23N3O2S. The summed E-state index contributed by atoms with van der Waals surface area (Å²) < 4.78 is 0. The smallest absolute Gasteiger partial charge is 0.269 e. The molecule has 1 saturated heterocycles. The highest BCUT2D eigenvalue weighted by molar-refractivity contribution is 8.05. The Labute approximate surface area is 175 Å². The number of hydrogen-bond acceptors (Lipinski definition) is 4. The molecule has 5 nitrogen and oxygen atoms in total. The molecule has 0 spiro atoms. The molecule has 0 bridgehead atoms. The lowest BCUT2D eigenvalue weighted by Crippen LogP contribution is -2.29. The van der Waals surface area contributed by atoms with Gasteiger partial charge >= 0.3 is 0 Å². The summed E-state index contributed by atoms with van der Waals surface area (Å²) in [5, 5.41) is 12.5. The average molecular weight is 406 g/mol. The van der Waals surface area contributed by atoms with E-state index in [0.29, 0.717) is 22.3 Å². The SMILES string of the molecule is Cc1ccccc1NC(=O)/C(C#N)=C1\SC(C)C(=O)N1c1ccc(C(C)C)cc1. The fourth-order valence-electron chi connectivity index (χ4n) is 3.07. The number of carbonyl (C=O) groups is 2. The van der Waals surface area contributed by atoms with Gasteiger partial charge in [0.15, 0.2) is 0 Å². The van der Waals surface area contributed by atoms with Crippen LogP contribution in [0.3, 0.4) is 0 Å². The molecule has 29 heavy (non-hydrogen) atoms. The first-order chi connectivity index (χ1) is 13.8. The molecule has 1 N–H and O–H groups in total. The second-order valence-corrected chi connectivity index (χ2v) is 8.57. The van der Waals surface area contributed by atoms with Gasteiger partial charge in [-0.3, -0.25) is 14.5 Å². The van der Waals surface area contributed by atoms with Crippen molar-refractivity contribution in [3.63, 3.8) is 0 Å². The lowest BCUT2D eigenvalue weighted by atomic mass is 10.0. The topological polar surface area (TPSA) is 73.2 Å². The van der Waals surface area contributed by atoms with E-state index in [2.05, 4.69) is 19.2 Å². The molecule has 2 aromatic carbocycles. The molecule has 1 fully saturated rings. The van der Waals surface area contributed by atoms with Crippen LogP contribution in [0, 0.1) is 18.3 Å². The van der Waals surface area contributed by atoms with E-state index in [1.54, 1.807) is 13.0 Å². The van der Waals surface area contributed by atoms with E-state index in [0.717, 1.165) is 11.1 Å². The Morgan fingerprint density at radius 2 is 1.83 bits per heavy atom. The number of rotatable bonds is 4. The molecular weight excluding hydrogens is 382 g/mol. The van der Waals surface area contributed by atoms with Crippen LogP contribution in [-0.2, 0) is 9.59 Å². The number of carbonyl (C=O) groups excluding carboxylic acids is 2. The first kappa shape index (κ1) is 20.7. The van der Waals surface area contributed by atoms with Gasteiger partial charge < -0.3 is 5.32 Å². The largest absolute Gasteiger partial charge is 0.321 e. The maximum absolute atomic E-state index is 12.9. The third kappa shape index (κ3) is 4.20. The Morgan fingerprint density at radius 1 is 1.17 bits per heavy atom. The standard InChI is InChI=1S/C23H23N3O2S/c1-14(2)17-9-11-18(12-10-17)26-22(28)16(4)29-23(26)19(13-24)21(27)25-20-8-6-5-7-15(20)3/h5-12,14,16H,1-4H3,(H,25,27)/b23-19-. The molecule has 1 atom stereocenters. The van der Waals surface area contributed by atoms with Gasteiger partial charge in [-0.05, 0) is 49.1 Å². The minimum Gasteiger partial charge on any atom is -0.321 e. The molecule has 0 radical (unpaired) electrons. The zero-order valence-corrected chi connectivity index (χ0v) is 17.7. The molecule has 6 heteroatoms. The summed E-state index contributed by atoms with van der Waals surface area (Å²) >= 11 is 1.24. The second kappa shape index (κ2) is 8.54. The van der Waals surface area contributed by atoms with Crippen LogP contribution in [0.15, 0.2) is 59.1 Å². The first-order valence-corrected chi connectivity index (χ1v) is 10.3. The zero-order chi connectivity index (χ0) is 21.1. The number of thioether (sulfide) groups is 1. The van der Waals surface area contributed by atoms with E-state index in [-0.39, 0.29) is 16.7 Å². The Kier molecular flexibility index (Phi) is 6.09. The number of hydrogen-bond donors (Lipinski definition) is 1. The van der Waals surface area contributed by atoms with Crippen LogP contribution in [0.1, 0.15) is 37.8 Å².